The second-order valence-corrected chi connectivity index (χ2v) is 16.0. The number of alkyl carbamates (subject to hydrolysis) is 1. The molecule has 2 N–H and O–H groups in total. The van der Waals surface area contributed by atoms with Gasteiger partial charge in [0.05, 0.1) is 43.3 Å². The molecule has 2 heterocycles. The zero-order valence-electron chi connectivity index (χ0n) is 26.4. The quantitative estimate of drug-likeness (QED) is 0.342. The van der Waals surface area contributed by atoms with Crippen LogP contribution >= 0.6 is 0 Å². The summed E-state index contributed by atoms with van der Waals surface area (Å²) in [4.78, 5) is 13.5. The Morgan fingerprint density at radius 1 is 1.00 bits per heavy atom. The van der Waals surface area contributed by atoms with Gasteiger partial charge in [-0.15, -0.1) is 0 Å². The number of fused-ring (bicyclic) bond motifs is 1. The number of aliphatic hydroxyl groups excluding tert-OH is 1. The third-order valence-corrected chi connectivity index (χ3v) is 13.1. The number of hydrogen-bond donors (Lipinski definition) is 2. The molecular weight excluding hydrogens is 608 g/mol. The van der Waals surface area contributed by atoms with Crippen LogP contribution in [0.1, 0.15) is 50.5 Å². The molecule has 0 unspecified atom stereocenters. The number of sulfonamides is 1. The summed E-state index contributed by atoms with van der Waals surface area (Å²) in [6, 6.07) is 14.9. The van der Waals surface area contributed by atoms with Crippen molar-refractivity contribution < 1.29 is 37.3 Å². The zero-order valence-corrected chi connectivity index (χ0v) is 27.2. The largest absolute Gasteiger partial charge is 0.497 e. The average molecular weight is 655 g/mol. The number of hydrogen-bond acceptors (Lipinski definition) is 8. The number of carbonyl (C=O) groups is 1. The molecule has 8 rings (SSSR count). The van der Waals surface area contributed by atoms with Gasteiger partial charge in [0.25, 0.3) is 0 Å². The van der Waals surface area contributed by atoms with E-state index in [1.54, 1.807) is 12.1 Å². The minimum absolute atomic E-state index is 0.00504. The van der Waals surface area contributed by atoms with Crippen LogP contribution in [0.2, 0.25) is 0 Å². The van der Waals surface area contributed by atoms with E-state index in [0.717, 1.165) is 23.8 Å². The van der Waals surface area contributed by atoms with E-state index in [1.165, 1.54) is 55.7 Å². The molecule has 2 aromatic carbocycles. The Hall–Kier alpha value is -2.70. The molecular formula is C35H46N2O8S. The lowest BCUT2D eigenvalue weighted by molar-refractivity contribution is -0.0907. The van der Waals surface area contributed by atoms with E-state index in [1.807, 2.05) is 30.3 Å². The van der Waals surface area contributed by atoms with E-state index < -0.39 is 34.4 Å². The van der Waals surface area contributed by atoms with Crippen LogP contribution in [0.15, 0.2) is 59.5 Å². The van der Waals surface area contributed by atoms with Gasteiger partial charge in [0.15, 0.2) is 6.29 Å². The van der Waals surface area contributed by atoms with E-state index in [0.29, 0.717) is 36.5 Å². The van der Waals surface area contributed by atoms with Crippen molar-refractivity contribution in [1.82, 2.24) is 9.62 Å². The molecule has 10 nitrogen and oxygen atoms in total. The van der Waals surface area contributed by atoms with Gasteiger partial charge >= 0.3 is 6.09 Å². The molecule has 6 fully saturated rings. The van der Waals surface area contributed by atoms with Crippen molar-refractivity contribution in [3.63, 3.8) is 0 Å². The summed E-state index contributed by atoms with van der Waals surface area (Å²) in [6.45, 7) is 0.734. The number of rotatable bonds is 12. The molecule has 4 saturated carbocycles. The van der Waals surface area contributed by atoms with Crippen LogP contribution in [0.25, 0.3) is 0 Å². The predicted octanol–water partition coefficient (Wildman–Crippen LogP) is 4.57. The van der Waals surface area contributed by atoms with Gasteiger partial charge in [-0.2, -0.15) is 4.31 Å². The third kappa shape index (κ3) is 6.67. The Balaban J connectivity index is 1.12. The summed E-state index contributed by atoms with van der Waals surface area (Å²) in [5, 5.41) is 14.9. The van der Waals surface area contributed by atoms with Crippen LogP contribution in [0, 0.1) is 35.5 Å². The monoisotopic (exact) mass is 654 g/mol. The Labute approximate surface area is 271 Å². The summed E-state index contributed by atoms with van der Waals surface area (Å²) in [5.41, 5.74) is 0.798. The van der Waals surface area contributed by atoms with Gasteiger partial charge < -0.3 is 29.4 Å². The van der Waals surface area contributed by atoms with Crippen molar-refractivity contribution in [2.24, 2.45) is 35.5 Å². The fourth-order valence-electron chi connectivity index (χ4n) is 9.17. The fourth-order valence-corrected chi connectivity index (χ4v) is 10.6. The lowest BCUT2D eigenvalue weighted by Gasteiger charge is -2.55. The highest BCUT2D eigenvalue weighted by Gasteiger charge is 2.49. The SMILES string of the molecule is COc1ccc(S(=O)(=O)N(Cc2ccccc2)C[C@@H](O)[C@H](CC2C3CC4CC(C3)CC2C4)NC(=O)O[C@H]2CO[C@H]3OCC[C@H]32)cc1. The molecule has 5 atom stereocenters. The Morgan fingerprint density at radius 3 is 2.37 bits per heavy atom. The van der Waals surface area contributed by atoms with Gasteiger partial charge in [-0.3, -0.25) is 0 Å². The van der Waals surface area contributed by atoms with Crippen molar-refractivity contribution in [1.29, 1.82) is 0 Å². The van der Waals surface area contributed by atoms with Crippen LogP contribution < -0.4 is 10.1 Å². The molecule has 1 amide bonds. The minimum Gasteiger partial charge on any atom is -0.497 e. The molecule has 6 aliphatic rings. The number of nitrogens with one attached hydrogen (secondary N) is 1. The first-order chi connectivity index (χ1) is 22.3. The van der Waals surface area contributed by atoms with E-state index in [-0.39, 0.29) is 36.8 Å². The first kappa shape index (κ1) is 31.9. The maximum absolute atomic E-state index is 14.1. The lowest BCUT2D eigenvalue weighted by atomic mass is 9.51. The molecule has 250 valence electrons. The van der Waals surface area contributed by atoms with Gasteiger partial charge in [0.1, 0.15) is 11.9 Å². The van der Waals surface area contributed by atoms with Gasteiger partial charge in [-0.1, -0.05) is 30.3 Å². The molecule has 2 saturated heterocycles. The summed E-state index contributed by atoms with van der Waals surface area (Å²) in [6.07, 6.45) is 4.98. The Bertz CT molecular complexity index is 1430. The number of amides is 1. The van der Waals surface area contributed by atoms with Crippen LogP contribution in [-0.4, -0.2) is 75.3 Å². The summed E-state index contributed by atoms with van der Waals surface area (Å²) in [7, 11) is -2.49. The number of ether oxygens (including phenoxy) is 4. The molecule has 0 spiro atoms. The van der Waals surface area contributed by atoms with Gasteiger partial charge in [-0.05, 0) is 104 Å². The second-order valence-electron chi connectivity index (χ2n) is 14.1. The van der Waals surface area contributed by atoms with Crippen LogP contribution in [-0.2, 0) is 30.8 Å². The number of benzene rings is 2. The van der Waals surface area contributed by atoms with Gasteiger partial charge in [-0.25, -0.2) is 13.2 Å². The first-order valence-electron chi connectivity index (χ1n) is 16.8. The number of aliphatic hydroxyl groups is 1. The first-order valence-corrected chi connectivity index (χ1v) is 18.3. The van der Waals surface area contributed by atoms with E-state index >= 15 is 0 Å². The van der Waals surface area contributed by atoms with E-state index in [9.17, 15) is 18.3 Å². The molecule has 4 bridgehead atoms. The molecule has 2 aromatic rings. The molecule has 4 aliphatic carbocycles. The highest BCUT2D eigenvalue weighted by molar-refractivity contribution is 7.89. The summed E-state index contributed by atoms with van der Waals surface area (Å²) >= 11 is 0. The highest BCUT2D eigenvalue weighted by Crippen LogP contribution is 2.57. The maximum Gasteiger partial charge on any atom is 0.407 e. The summed E-state index contributed by atoms with van der Waals surface area (Å²) < 4.78 is 51.8. The molecule has 46 heavy (non-hydrogen) atoms. The van der Waals surface area contributed by atoms with Crippen molar-refractivity contribution in [2.45, 2.75) is 80.9 Å². The third-order valence-electron chi connectivity index (χ3n) is 11.2. The molecule has 11 heteroatoms. The average Bonchev–Trinajstić information content (AvgIpc) is 3.67. The van der Waals surface area contributed by atoms with Crippen molar-refractivity contribution in [3.8, 4) is 5.75 Å². The van der Waals surface area contributed by atoms with E-state index in [2.05, 4.69) is 5.32 Å². The smallest absolute Gasteiger partial charge is 0.407 e. The summed E-state index contributed by atoms with van der Waals surface area (Å²) in [5.74, 6) is 3.65. The minimum atomic E-state index is -4.02. The standard InChI is InChI=1S/C35H46N2O8S/c1-42-27-7-9-28(10-8-27)46(40,41)37(19-22-5-3-2-4-6-22)20-32(38)31(18-30-25-14-23-13-24(16-25)17-26(30)15-23)36-35(39)45-33-21-44-34-29(33)11-12-43-34/h2-10,23-26,29-34,38H,11-21H2,1H3,(H,36,39)/t23?,24?,25?,26?,29-,30?,31-,32+,33-,34+/m0/s1. The fraction of sp³-hybridized carbons (Fsp3) is 0.629. The van der Waals surface area contributed by atoms with Gasteiger partial charge in [0, 0.05) is 13.1 Å². The highest BCUT2D eigenvalue weighted by atomic mass is 32.2. The number of methoxy groups -OCH3 is 1. The molecule has 0 aromatic heterocycles. The Morgan fingerprint density at radius 2 is 1.70 bits per heavy atom. The van der Waals surface area contributed by atoms with Crippen LogP contribution in [0.4, 0.5) is 4.79 Å². The van der Waals surface area contributed by atoms with Gasteiger partial charge in [0.2, 0.25) is 10.0 Å². The van der Waals surface area contributed by atoms with E-state index in [4.69, 9.17) is 18.9 Å². The second kappa shape index (κ2) is 13.4. The maximum atomic E-state index is 14.1. The van der Waals surface area contributed by atoms with Crippen LogP contribution in [0.5, 0.6) is 5.75 Å². The number of nitrogens with zero attached hydrogens (tertiary/aromatic N) is 1. The van der Waals surface area contributed by atoms with Crippen molar-refractivity contribution >= 4 is 16.1 Å². The molecule has 2 aliphatic heterocycles. The predicted molar refractivity (Wildman–Crippen MR) is 169 cm³/mol. The Kier molecular flexibility index (Phi) is 9.31. The lowest BCUT2D eigenvalue weighted by Crippen LogP contribution is -2.53. The normalized spacial score (nSPS) is 32.7. The van der Waals surface area contributed by atoms with Crippen molar-refractivity contribution in [3.05, 3.63) is 60.2 Å². The van der Waals surface area contributed by atoms with Crippen LogP contribution in [0.3, 0.4) is 0 Å². The number of carbonyl (C=O) groups excluding carboxylic acids is 1. The topological polar surface area (TPSA) is 124 Å². The van der Waals surface area contributed by atoms with Crippen molar-refractivity contribution in [2.75, 3.05) is 26.9 Å². The zero-order chi connectivity index (χ0) is 31.8. The molecule has 0 radical (unpaired) electrons.